The van der Waals surface area contributed by atoms with E-state index in [0.717, 1.165) is 4.68 Å². The first kappa shape index (κ1) is 21.0. The van der Waals surface area contributed by atoms with E-state index < -0.39 is 11.4 Å². The van der Waals surface area contributed by atoms with Crippen molar-refractivity contribution in [1.29, 1.82) is 0 Å². The van der Waals surface area contributed by atoms with Gasteiger partial charge in [0.15, 0.2) is 10.6 Å². The summed E-state index contributed by atoms with van der Waals surface area (Å²) >= 11 is 7.53. The Morgan fingerprint density at radius 2 is 1.84 bits per heavy atom. The van der Waals surface area contributed by atoms with Gasteiger partial charge in [0.1, 0.15) is 17.3 Å². The van der Waals surface area contributed by atoms with Crippen LogP contribution in [0.1, 0.15) is 5.56 Å². The van der Waals surface area contributed by atoms with Crippen molar-refractivity contribution in [1.82, 2.24) is 14.8 Å². The molecule has 0 amide bonds. The SMILES string of the molecule is O=c1c2nc(N3CCOCC3)sc2c(-c2ccc(F)cc2)nn1Cc1c(F)cccc1Cl. The Kier molecular flexibility index (Phi) is 5.62. The van der Waals surface area contributed by atoms with Crippen molar-refractivity contribution in [3.8, 4) is 11.3 Å². The number of ether oxygens (including phenoxy) is 1. The molecule has 0 unspecified atom stereocenters. The summed E-state index contributed by atoms with van der Waals surface area (Å²) in [7, 11) is 0. The number of benzene rings is 2. The lowest BCUT2D eigenvalue weighted by atomic mass is 10.1. The fraction of sp³-hybridized carbons (Fsp3) is 0.227. The Labute approximate surface area is 190 Å². The molecule has 0 spiro atoms. The van der Waals surface area contributed by atoms with Crippen LogP contribution < -0.4 is 10.5 Å². The van der Waals surface area contributed by atoms with Gasteiger partial charge in [0.05, 0.1) is 24.5 Å². The van der Waals surface area contributed by atoms with Crippen molar-refractivity contribution in [2.24, 2.45) is 0 Å². The molecule has 0 N–H and O–H groups in total. The summed E-state index contributed by atoms with van der Waals surface area (Å²) in [5.74, 6) is -0.906. The summed E-state index contributed by atoms with van der Waals surface area (Å²) in [4.78, 5) is 19.9. The average Bonchev–Trinajstić information content (AvgIpc) is 3.25. The van der Waals surface area contributed by atoms with Crippen LogP contribution in [-0.4, -0.2) is 41.1 Å². The van der Waals surface area contributed by atoms with E-state index in [0.29, 0.717) is 47.4 Å². The number of nitrogens with zero attached hydrogens (tertiary/aromatic N) is 4. The van der Waals surface area contributed by atoms with E-state index in [2.05, 4.69) is 15.0 Å². The van der Waals surface area contributed by atoms with Crippen LogP contribution in [0.15, 0.2) is 47.3 Å². The molecular formula is C22H17ClF2N4O2S. The first-order valence-corrected chi connectivity index (χ1v) is 11.1. The number of thiazole rings is 1. The molecular weight excluding hydrogens is 458 g/mol. The lowest BCUT2D eigenvalue weighted by Crippen LogP contribution is -2.36. The molecule has 2 aromatic heterocycles. The Bertz CT molecular complexity index is 1330. The van der Waals surface area contributed by atoms with Crippen LogP contribution in [0.2, 0.25) is 5.02 Å². The molecule has 4 aromatic rings. The van der Waals surface area contributed by atoms with Gasteiger partial charge >= 0.3 is 0 Å². The van der Waals surface area contributed by atoms with Crippen molar-refractivity contribution in [3.63, 3.8) is 0 Å². The molecule has 2 aromatic carbocycles. The third-order valence-electron chi connectivity index (χ3n) is 5.26. The van der Waals surface area contributed by atoms with Crippen LogP contribution in [0.5, 0.6) is 0 Å². The van der Waals surface area contributed by atoms with Crippen LogP contribution in [0.4, 0.5) is 13.9 Å². The zero-order valence-corrected chi connectivity index (χ0v) is 18.3. The molecule has 0 saturated carbocycles. The number of morpholine rings is 1. The van der Waals surface area contributed by atoms with Gasteiger partial charge in [0.2, 0.25) is 0 Å². The lowest BCUT2D eigenvalue weighted by molar-refractivity contribution is 0.122. The van der Waals surface area contributed by atoms with E-state index in [1.165, 1.54) is 35.6 Å². The van der Waals surface area contributed by atoms with Gasteiger partial charge in [-0.05, 0) is 36.4 Å². The van der Waals surface area contributed by atoms with Gasteiger partial charge in [-0.2, -0.15) is 5.10 Å². The van der Waals surface area contributed by atoms with E-state index in [9.17, 15) is 13.6 Å². The van der Waals surface area contributed by atoms with Crippen LogP contribution in [0.3, 0.4) is 0 Å². The highest BCUT2D eigenvalue weighted by Gasteiger charge is 2.22. The van der Waals surface area contributed by atoms with Crippen molar-refractivity contribution < 1.29 is 13.5 Å². The number of anilines is 1. The maximum Gasteiger partial charge on any atom is 0.294 e. The van der Waals surface area contributed by atoms with Crippen LogP contribution in [0, 0.1) is 11.6 Å². The first-order valence-electron chi connectivity index (χ1n) is 9.94. The zero-order chi connectivity index (χ0) is 22.2. The second-order valence-corrected chi connectivity index (χ2v) is 8.68. The van der Waals surface area contributed by atoms with Gasteiger partial charge in [-0.3, -0.25) is 4.79 Å². The minimum atomic E-state index is -0.526. The Morgan fingerprint density at radius 1 is 1.09 bits per heavy atom. The van der Waals surface area contributed by atoms with Crippen molar-refractivity contribution in [3.05, 3.63) is 75.0 Å². The molecule has 0 aliphatic carbocycles. The molecule has 1 fully saturated rings. The fourth-order valence-corrected chi connectivity index (χ4v) is 4.91. The van der Waals surface area contributed by atoms with Gasteiger partial charge in [0.25, 0.3) is 5.56 Å². The summed E-state index contributed by atoms with van der Waals surface area (Å²) in [6.45, 7) is 2.33. The number of hydrogen-bond donors (Lipinski definition) is 0. The van der Waals surface area contributed by atoms with E-state index >= 15 is 0 Å². The van der Waals surface area contributed by atoms with E-state index in [1.54, 1.807) is 18.2 Å². The third kappa shape index (κ3) is 3.87. The molecule has 1 saturated heterocycles. The summed E-state index contributed by atoms with van der Waals surface area (Å²) < 4.78 is 35.1. The summed E-state index contributed by atoms with van der Waals surface area (Å²) in [5.41, 5.74) is 1.06. The highest BCUT2D eigenvalue weighted by Crippen LogP contribution is 2.34. The van der Waals surface area contributed by atoms with E-state index in [-0.39, 0.29) is 28.5 Å². The summed E-state index contributed by atoms with van der Waals surface area (Å²) in [6, 6.07) is 10.2. The molecule has 3 heterocycles. The summed E-state index contributed by atoms with van der Waals surface area (Å²) in [5, 5.41) is 5.41. The number of rotatable bonds is 4. The molecule has 32 heavy (non-hydrogen) atoms. The topological polar surface area (TPSA) is 60.3 Å². The maximum atomic E-state index is 14.4. The van der Waals surface area contributed by atoms with Gasteiger partial charge in [-0.25, -0.2) is 18.4 Å². The molecule has 164 valence electrons. The van der Waals surface area contributed by atoms with Crippen molar-refractivity contribution in [2.45, 2.75) is 6.54 Å². The number of hydrogen-bond acceptors (Lipinski definition) is 6. The van der Waals surface area contributed by atoms with Crippen LogP contribution in [0.25, 0.3) is 21.5 Å². The first-order chi connectivity index (χ1) is 15.5. The quantitative estimate of drug-likeness (QED) is 0.440. The highest BCUT2D eigenvalue weighted by molar-refractivity contribution is 7.22. The van der Waals surface area contributed by atoms with E-state index in [1.807, 2.05) is 0 Å². The highest BCUT2D eigenvalue weighted by atomic mass is 35.5. The normalized spacial score (nSPS) is 14.3. The second kappa shape index (κ2) is 8.57. The largest absolute Gasteiger partial charge is 0.378 e. The minimum Gasteiger partial charge on any atom is -0.378 e. The van der Waals surface area contributed by atoms with Gasteiger partial charge in [-0.1, -0.05) is 29.0 Å². The standard InChI is InChI=1S/C22H17ClF2N4O2S/c23-16-2-1-3-17(25)15(16)12-29-21(30)19-20(18(27-29)13-4-6-14(24)7-5-13)32-22(26-19)28-8-10-31-11-9-28/h1-7H,8-12H2. The molecule has 1 aliphatic heterocycles. The van der Waals surface area contributed by atoms with Crippen LogP contribution >= 0.6 is 22.9 Å². The monoisotopic (exact) mass is 474 g/mol. The molecule has 5 rings (SSSR count). The molecule has 0 atom stereocenters. The molecule has 1 aliphatic rings. The Morgan fingerprint density at radius 3 is 2.56 bits per heavy atom. The zero-order valence-electron chi connectivity index (χ0n) is 16.7. The predicted octanol–water partition coefficient (Wildman–Crippen LogP) is 4.34. The van der Waals surface area contributed by atoms with Crippen LogP contribution in [-0.2, 0) is 11.3 Å². The summed E-state index contributed by atoms with van der Waals surface area (Å²) in [6.07, 6.45) is 0. The third-order valence-corrected chi connectivity index (χ3v) is 6.73. The minimum absolute atomic E-state index is 0.154. The van der Waals surface area contributed by atoms with Gasteiger partial charge in [0, 0.05) is 29.2 Å². The molecule has 10 heteroatoms. The van der Waals surface area contributed by atoms with E-state index in [4.69, 9.17) is 16.3 Å². The fourth-order valence-electron chi connectivity index (χ4n) is 3.57. The Hall–Kier alpha value is -2.88. The lowest BCUT2D eigenvalue weighted by Gasteiger charge is -2.25. The van der Waals surface area contributed by atoms with Crippen molar-refractivity contribution >= 4 is 38.3 Å². The Balaban J connectivity index is 1.69. The second-order valence-electron chi connectivity index (χ2n) is 7.29. The number of aromatic nitrogens is 3. The number of fused-ring (bicyclic) bond motifs is 1. The molecule has 0 radical (unpaired) electrons. The van der Waals surface area contributed by atoms with Gasteiger partial charge < -0.3 is 9.64 Å². The smallest absolute Gasteiger partial charge is 0.294 e. The molecule has 6 nitrogen and oxygen atoms in total. The maximum absolute atomic E-state index is 14.4. The predicted molar refractivity (Wildman–Crippen MR) is 121 cm³/mol. The number of halogens is 3. The molecule has 0 bridgehead atoms. The van der Waals surface area contributed by atoms with Crippen molar-refractivity contribution in [2.75, 3.05) is 31.2 Å². The van der Waals surface area contributed by atoms with Gasteiger partial charge in [-0.15, -0.1) is 0 Å². The average molecular weight is 475 g/mol.